The van der Waals surface area contributed by atoms with Crippen molar-refractivity contribution in [3.05, 3.63) is 43.2 Å². The Balaban J connectivity index is 2.06. The predicted molar refractivity (Wildman–Crippen MR) is 90.3 cm³/mol. The third-order valence-corrected chi connectivity index (χ3v) is 4.43. The third-order valence-electron chi connectivity index (χ3n) is 2.62. The standard InChI is InChI=1S/C14H16Br2N2OS/c1-9(2)17-5-10-3-12(15)14(13(16)4-10)19-6-11-7-20-8-18-11/h3-4,7-9,17H,5-6H2,1-2H3. The van der Waals surface area contributed by atoms with Crippen LogP contribution in [0.1, 0.15) is 25.1 Å². The highest BCUT2D eigenvalue weighted by atomic mass is 79.9. The van der Waals surface area contributed by atoms with E-state index in [9.17, 15) is 0 Å². The Bertz CT molecular complexity index is 535. The van der Waals surface area contributed by atoms with Crippen LogP contribution in [0.3, 0.4) is 0 Å². The van der Waals surface area contributed by atoms with Crippen molar-refractivity contribution in [1.29, 1.82) is 0 Å². The summed E-state index contributed by atoms with van der Waals surface area (Å²) in [5, 5.41) is 5.39. The maximum absolute atomic E-state index is 5.82. The van der Waals surface area contributed by atoms with Crippen LogP contribution in [-0.4, -0.2) is 11.0 Å². The van der Waals surface area contributed by atoms with E-state index in [1.54, 1.807) is 11.3 Å². The summed E-state index contributed by atoms with van der Waals surface area (Å²) in [4.78, 5) is 4.21. The van der Waals surface area contributed by atoms with Gasteiger partial charge in [-0.2, -0.15) is 0 Å². The van der Waals surface area contributed by atoms with Crippen LogP contribution in [0, 0.1) is 0 Å². The minimum atomic E-state index is 0.466. The van der Waals surface area contributed by atoms with Gasteiger partial charge in [0.2, 0.25) is 0 Å². The minimum absolute atomic E-state index is 0.466. The van der Waals surface area contributed by atoms with Gasteiger partial charge in [-0.25, -0.2) is 4.98 Å². The third kappa shape index (κ3) is 4.55. The molecule has 0 atom stereocenters. The molecule has 0 amide bonds. The molecule has 0 fully saturated rings. The second-order valence-electron chi connectivity index (χ2n) is 4.69. The van der Waals surface area contributed by atoms with E-state index in [1.807, 2.05) is 10.9 Å². The number of aromatic nitrogens is 1. The maximum Gasteiger partial charge on any atom is 0.148 e. The number of thiazole rings is 1. The molecule has 1 aromatic heterocycles. The van der Waals surface area contributed by atoms with E-state index >= 15 is 0 Å². The van der Waals surface area contributed by atoms with Gasteiger partial charge in [-0.05, 0) is 49.6 Å². The normalized spacial score (nSPS) is 11.1. The first-order chi connectivity index (χ1) is 9.56. The Hall–Kier alpha value is -0.430. The fourth-order valence-electron chi connectivity index (χ4n) is 1.63. The van der Waals surface area contributed by atoms with Crippen LogP contribution in [0.4, 0.5) is 0 Å². The molecule has 0 bridgehead atoms. The summed E-state index contributed by atoms with van der Waals surface area (Å²) in [6.07, 6.45) is 0. The number of ether oxygens (including phenoxy) is 1. The van der Waals surface area contributed by atoms with E-state index < -0.39 is 0 Å². The number of hydrogen-bond donors (Lipinski definition) is 1. The molecule has 0 aliphatic heterocycles. The summed E-state index contributed by atoms with van der Waals surface area (Å²) in [7, 11) is 0. The Labute approximate surface area is 140 Å². The minimum Gasteiger partial charge on any atom is -0.485 e. The Morgan fingerprint density at radius 2 is 2.00 bits per heavy atom. The second kappa shape index (κ2) is 7.54. The van der Waals surface area contributed by atoms with Gasteiger partial charge in [-0.15, -0.1) is 11.3 Å². The van der Waals surface area contributed by atoms with Gasteiger partial charge in [-0.1, -0.05) is 13.8 Å². The Morgan fingerprint density at radius 1 is 1.30 bits per heavy atom. The lowest BCUT2D eigenvalue weighted by Crippen LogP contribution is -2.21. The van der Waals surface area contributed by atoms with E-state index in [2.05, 4.69) is 68.1 Å². The zero-order valence-electron chi connectivity index (χ0n) is 11.3. The van der Waals surface area contributed by atoms with Crippen molar-refractivity contribution in [3.8, 4) is 5.75 Å². The summed E-state index contributed by atoms with van der Waals surface area (Å²) in [6, 6.07) is 4.63. The smallest absolute Gasteiger partial charge is 0.148 e. The fourth-order valence-corrected chi connectivity index (χ4v) is 3.68. The summed E-state index contributed by atoms with van der Waals surface area (Å²) in [6.45, 7) is 5.58. The van der Waals surface area contributed by atoms with Gasteiger partial charge >= 0.3 is 0 Å². The molecule has 6 heteroatoms. The van der Waals surface area contributed by atoms with Gasteiger partial charge in [0.05, 0.1) is 20.1 Å². The molecule has 2 rings (SSSR count). The summed E-state index contributed by atoms with van der Waals surface area (Å²) in [5.74, 6) is 0.811. The molecule has 2 aromatic rings. The molecule has 0 saturated carbocycles. The summed E-state index contributed by atoms with van der Waals surface area (Å²) < 4.78 is 7.72. The molecule has 0 radical (unpaired) electrons. The molecule has 0 saturated heterocycles. The van der Waals surface area contributed by atoms with E-state index in [4.69, 9.17) is 4.74 Å². The average molecular weight is 420 g/mol. The quantitative estimate of drug-likeness (QED) is 0.733. The average Bonchev–Trinajstić information content (AvgIpc) is 2.88. The number of nitrogens with one attached hydrogen (secondary N) is 1. The van der Waals surface area contributed by atoms with Crippen molar-refractivity contribution in [2.24, 2.45) is 0 Å². The summed E-state index contributed by atoms with van der Waals surface area (Å²) >= 11 is 8.71. The molecule has 1 N–H and O–H groups in total. The monoisotopic (exact) mass is 418 g/mol. The van der Waals surface area contributed by atoms with Crippen molar-refractivity contribution in [3.63, 3.8) is 0 Å². The first kappa shape index (κ1) is 15.9. The van der Waals surface area contributed by atoms with Crippen LogP contribution in [0.25, 0.3) is 0 Å². The van der Waals surface area contributed by atoms with Crippen molar-refractivity contribution in [1.82, 2.24) is 10.3 Å². The molecule has 0 aliphatic carbocycles. The number of halogens is 2. The highest BCUT2D eigenvalue weighted by molar-refractivity contribution is 9.11. The first-order valence-electron chi connectivity index (χ1n) is 6.27. The summed E-state index contributed by atoms with van der Waals surface area (Å²) in [5.41, 5.74) is 3.96. The maximum atomic E-state index is 5.82. The molecule has 0 aliphatic rings. The van der Waals surface area contributed by atoms with Crippen molar-refractivity contribution in [2.75, 3.05) is 0 Å². The predicted octanol–water partition coefficient (Wildman–Crippen LogP) is 4.75. The van der Waals surface area contributed by atoms with Gasteiger partial charge in [-0.3, -0.25) is 0 Å². The largest absolute Gasteiger partial charge is 0.485 e. The van der Waals surface area contributed by atoms with Crippen molar-refractivity contribution in [2.45, 2.75) is 33.0 Å². The van der Waals surface area contributed by atoms with E-state index in [1.165, 1.54) is 5.56 Å². The van der Waals surface area contributed by atoms with Crippen LogP contribution in [-0.2, 0) is 13.2 Å². The van der Waals surface area contributed by atoms with Crippen molar-refractivity contribution >= 4 is 43.2 Å². The lowest BCUT2D eigenvalue weighted by molar-refractivity contribution is 0.298. The van der Waals surface area contributed by atoms with E-state index in [0.717, 1.165) is 26.9 Å². The van der Waals surface area contributed by atoms with Crippen LogP contribution < -0.4 is 10.1 Å². The van der Waals surface area contributed by atoms with E-state index in [-0.39, 0.29) is 0 Å². The Morgan fingerprint density at radius 3 is 2.55 bits per heavy atom. The SMILES string of the molecule is CC(C)NCc1cc(Br)c(OCc2cscn2)c(Br)c1. The number of nitrogens with zero attached hydrogens (tertiary/aromatic N) is 1. The molecular weight excluding hydrogens is 404 g/mol. The van der Waals surface area contributed by atoms with Gasteiger partial charge in [0.15, 0.2) is 0 Å². The van der Waals surface area contributed by atoms with Crippen LogP contribution in [0.15, 0.2) is 32.0 Å². The molecule has 0 unspecified atom stereocenters. The molecule has 108 valence electrons. The Kier molecular flexibility index (Phi) is 6.01. The lowest BCUT2D eigenvalue weighted by atomic mass is 10.2. The highest BCUT2D eigenvalue weighted by Crippen LogP contribution is 2.35. The van der Waals surface area contributed by atoms with Gasteiger partial charge in [0, 0.05) is 18.0 Å². The van der Waals surface area contributed by atoms with Gasteiger partial charge in [0.25, 0.3) is 0 Å². The molecule has 1 heterocycles. The van der Waals surface area contributed by atoms with Gasteiger partial charge in [0.1, 0.15) is 12.4 Å². The second-order valence-corrected chi connectivity index (χ2v) is 7.12. The molecule has 1 aromatic carbocycles. The lowest BCUT2D eigenvalue weighted by Gasteiger charge is -2.13. The topological polar surface area (TPSA) is 34.1 Å². The first-order valence-corrected chi connectivity index (χ1v) is 8.80. The van der Waals surface area contributed by atoms with Crippen LogP contribution in [0.5, 0.6) is 5.75 Å². The zero-order chi connectivity index (χ0) is 14.5. The molecule has 3 nitrogen and oxygen atoms in total. The van der Waals surface area contributed by atoms with E-state index in [0.29, 0.717) is 12.6 Å². The molecule has 20 heavy (non-hydrogen) atoms. The van der Waals surface area contributed by atoms with Gasteiger partial charge < -0.3 is 10.1 Å². The number of rotatable bonds is 6. The zero-order valence-corrected chi connectivity index (χ0v) is 15.3. The van der Waals surface area contributed by atoms with Crippen molar-refractivity contribution < 1.29 is 4.74 Å². The van der Waals surface area contributed by atoms with Crippen LogP contribution in [0.2, 0.25) is 0 Å². The number of hydrogen-bond acceptors (Lipinski definition) is 4. The fraction of sp³-hybridized carbons (Fsp3) is 0.357. The molecule has 0 spiro atoms. The number of benzene rings is 1. The highest BCUT2D eigenvalue weighted by Gasteiger charge is 2.10. The molecular formula is C14H16Br2N2OS. The van der Waals surface area contributed by atoms with Crippen LogP contribution >= 0.6 is 43.2 Å².